The molecule has 0 atom stereocenters. The number of hydrogen-bond acceptors (Lipinski definition) is 3. The van der Waals surface area contributed by atoms with Crippen LogP contribution < -0.4 is 10.1 Å². The van der Waals surface area contributed by atoms with Crippen LogP contribution in [0.2, 0.25) is 0 Å². The van der Waals surface area contributed by atoms with E-state index >= 15 is 0 Å². The first-order valence-electron chi connectivity index (χ1n) is 6.21. The van der Waals surface area contributed by atoms with Crippen molar-refractivity contribution in [2.45, 2.75) is 13.5 Å². The van der Waals surface area contributed by atoms with Crippen molar-refractivity contribution >= 4 is 21.6 Å². The van der Waals surface area contributed by atoms with E-state index in [4.69, 9.17) is 10.00 Å². The van der Waals surface area contributed by atoms with Gasteiger partial charge in [-0.2, -0.15) is 5.26 Å². The monoisotopic (exact) mass is 330 g/mol. The molecule has 0 saturated heterocycles. The summed E-state index contributed by atoms with van der Waals surface area (Å²) in [6.45, 7) is 2.72. The largest absolute Gasteiger partial charge is 0.495 e. The smallest absolute Gasteiger partial charge is 0.143 e. The number of nitrogens with one attached hydrogen (secondary N) is 1. The molecule has 20 heavy (non-hydrogen) atoms. The highest BCUT2D eigenvalue weighted by Gasteiger charge is 2.07. The molecule has 0 aliphatic carbocycles. The molecule has 2 aromatic rings. The summed E-state index contributed by atoms with van der Waals surface area (Å²) in [5.41, 5.74) is 3.89. The van der Waals surface area contributed by atoms with E-state index in [0.717, 1.165) is 27.0 Å². The van der Waals surface area contributed by atoms with Gasteiger partial charge in [-0.15, -0.1) is 0 Å². The van der Waals surface area contributed by atoms with Crippen molar-refractivity contribution in [2.75, 3.05) is 12.4 Å². The Kier molecular flexibility index (Phi) is 4.65. The van der Waals surface area contributed by atoms with Crippen molar-refractivity contribution < 1.29 is 4.74 Å². The minimum atomic E-state index is 0.672. The maximum Gasteiger partial charge on any atom is 0.143 e. The van der Waals surface area contributed by atoms with Crippen molar-refractivity contribution in [3.63, 3.8) is 0 Å². The van der Waals surface area contributed by atoms with Crippen molar-refractivity contribution in [2.24, 2.45) is 0 Å². The van der Waals surface area contributed by atoms with E-state index in [1.54, 1.807) is 7.11 Å². The van der Waals surface area contributed by atoms with Crippen molar-refractivity contribution in [1.82, 2.24) is 0 Å². The lowest BCUT2D eigenvalue weighted by Crippen LogP contribution is -2.03. The molecule has 2 rings (SSSR count). The summed E-state index contributed by atoms with van der Waals surface area (Å²) in [6.07, 6.45) is 0. The van der Waals surface area contributed by atoms with Crippen LogP contribution in [0.3, 0.4) is 0 Å². The van der Waals surface area contributed by atoms with E-state index in [1.807, 2.05) is 43.3 Å². The fraction of sp³-hybridized carbons (Fsp3) is 0.188. The fourth-order valence-electron chi connectivity index (χ4n) is 1.99. The first-order valence-corrected chi connectivity index (χ1v) is 7.00. The lowest BCUT2D eigenvalue weighted by Gasteiger charge is -2.14. The molecule has 0 radical (unpaired) electrons. The van der Waals surface area contributed by atoms with Gasteiger partial charge in [-0.3, -0.25) is 0 Å². The number of benzene rings is 2. The second kappa shape index (κ2) is 6.44. The maximum absolute atomic E-state index is 8.78. The average molecular weight is 331 g/mol. The van der Waals surface area contributed by atoms with Crippen LogP contribution in [0, 0.1) is 18.3 Å². The average Bonchev–Trinajstić information content (AvgIpc) is 2.46. The molecule has 3 nitrogen and oxygen atoms in total. The first kappa shape index (κ1) is 14.4. The van der Waals surface area contributed by atoms with Crippen LogP contribution in [0.25, 0.3) is 0 Å². The third-order valence-corrected chi connectivity index (χ3v) is 3.49. The van der Waals surface area contributed by atoms with Crippen LogP contribution in [0.1, 0.15) is 16.7 Å². The van der Waals surface area contributed by atoms with Crippen LogP contribution in [0.5, 0.6) is 5.75 Å². The van der Waals surface area contributed by atoms with Gasteiger partial charge < -0.3 is 10.1 Å². The summed E-state index contributed by atoms with van der Waals surface area (Å²) in [7, 11) is 1.66. The van der Waals surface area contributed by atoms with Crippen LogP contribution in [-0.4, -0.2) is 7.11 Å². The van der Waals surface area contributed by atoms with E-state index in [0.29, 0.717) is 12.1 Å². The van der Waals surface area contributed by atoms with E-state index in [1.165, 1.54) is 0 Å². The number of halogens is 1. The molecule has 0 aromatic heterocycles. The molecule has 4 heteroatoms. The highest BCUT2D eigenvalue weighted by atomic mass is 79.9. The number of rotatable bonds is 4. The van der Waals surface area contributed by atoms with E-state index in [-0.39, 0.29) is 0 Å². The highest BCUT2D eigenvalue weighted by Crippen LogP contribution is 2.32. The van der Waals surface area contributed by atoms with Crippen molar-refractivity contribution in [1.29, 1.82) is 5.26 Å². The number of methoxy groups -OCH3 is 1. The number of aryl methyl sites for hydroxylation is 1. The number of nitriles is 1. The second-order valence-electron chi connectivity index (χ2n) is 4.46. The van der Waals surface area contributed by atoms with Gasteiger partial charge in [0.15, 0.2) is 0 Å². The van der Waals surface area contributed by atoms with Gasteiger partial charge in [-0.25, -0.2) is 0 Å². The van der Waals surface area contributed by atoms with Gasteiger partial charge in [0.25, 0.3) is 0 Å². The lowest BCUT2D eigenvalue weighted by molar-refractivity contribution is 0.416. The molecule has 102 valence electrons. The normalized spacial score (nSPS) is 9.90. The molecule has 1 N–H and O–H groups in total. The quantitative estimate of drug-likeness (QED) is 0.911. The van der Waals surface area contributed by atoms with Crippen LogP contribution in [-0.2, 0) is 6.54 Å². The zero-order chi connectivity index (χ0) is 14.5. The second-order valence-corrected chi connectivity index (χ2v) is 5.38. The molecule has 0 fully saturated rings. The zero-order valence-electron chi connectivity index (χ0n) is 11.4. The molecule has 0 unspecified atom stereocenters. The standard InChI is InChI=1S/C16H15BrN2O/c1-11-7-14(17)8-15(20-2)16(11)19-10-13-5-3-12(9-18)4-6-13/h3-8,19H,10H2,1-2H3. The summed E-state index contributed by atoms with van der Waals surface area (Å²) in [5, 5.41) is 12.2. The van der Waals surface area contributed by atoms with E-state index < -0.39 is 0 Å². The Morgan fingerprint density at radius 3 is 2.55 bits per heavy atom. The Labute approximate surface area is 127 Å². The third kappa shape index (κ3) is 3.31. The van der Waals surface area contributed by atoms with Gasteiger partial charge in [-0.05, 0) is 42.3 Å². The summed E-state index contributed by atoms with van der Waals surface area (Å²) >= 11 is 3.46. The van der Waals surface area contributed by atoms with Crippen LogP contribution >= 0.6 is 15.9 Å². The van der Waals surface area contributed by atoms with Gasteiger partial charge in [0, 0.05) is 11.0 Å². The third-order valence-electron chi connectivity index (χ3n) is 3.04. The minimum Gasteiger partial charge on any atom is -0.495 e. The molecular weight excluding hydrogens is 316 g/mol. The Morgan fingerprint density at radius 1 is 1.25 bits per heavy atom. The SMILES string of the molecule is COc1cc(Br)cc(C)c1NCc1ccc(C#N)cc1. The molecule has 0 spiro atoms. The highest BCUT2D eigenvalue weighted by molar-refractivity contribution is 9.10. The Balaban J connectivity index is 2.16. The zero-order valence-corrected chi connectivity index (χ0v) is 13.0. The summed E-state index contributed by atoms with van der Waals surface area (Å²) in [4.78, 5) is 0. The minimum absolute atomic E-state index is 0.672. The number of anilines is 1. The van der Waals surface area contributed by atoms with Gasteiger partial charge in [0.05, 0.1) is 24.4 Å². The van der Waals surface area contributed by atoms with Crippen LogP contribution in [0.4, 0.5) is 5.69 Å². The predicted molar refractivity (Wildman–Crippen MR) is 83.9 cm³/mol. The number of nitrogens with zero attached hydrogens (tertiary/aromatic N) is 1. The summed E-state index contributed by atoms with van der Waals surface area (Å²) in [6, 6.07) is 13.6. The molecule has 0 heterocycles. The van der Waals surface area contributed by atoms with Gasteiger partial charge in [0.2, 0.25) is 0 Å². The molecule has 0 aliphatic heterocycles. The van der Waals surface area contributed by atoms with Gasteiger partial charge in [-0.1, -0.05) is 28.1 Å². The topological polar surface area (TPSA) is 45.0 Å². The Bertz CT molecular complexity index is 645. The molecule has 2 aromatic carbocycles. The first-order chi connectivity index (χ1) is 9.63. The summed E-state index contributed by atoms with van der Waals surface area (Å²) in [5.74, 6) is 0.811. The van der Waals surface area contributed by atoms with Crippen LogP contribution in [0.15, 0.2) is 40.9 Å². The summed E-state index contributed by atoms with van der Waals surface area (Å²) < 4.78 is 6.39. The van der Waals surface area contributed by atoms with E-state index in [2.05, 4.69) is 27.3 Å². The van der Waals surface area contributed by atoms with Gasteiger partial charge in [0.1, 0.15) is 5.75 Å². The molecule has 0 amide bonds. The Hall–Kier alpha value is -1.99. The molecular formula is C16H15BrN2O. The van der Waals surface area contributed by atoms with Crippen molar-refractivity contribution in [3.8, 4) is 11.8 Å². The fourth-order valence-corrected chi connectivity index (χ4v) is 2.54. The number of hydrogen-bond donors (Lipinski definition) is 1. The number of ether oxygens (including phenoxy) is 1. The molecule has 0 bridgehead atoms. The van der Waals surface area contributed by atoms with E-state index in [9.17, 15) is 0 Å². The molecule has 0 saturated carbocycles. The molecule has 0 aliphatic rings. The van der Waals surface area contributed by atoms with Crippen molar-refractivity contribution in [3.05, 3.63) is 57.6 Å². The maximum atomic E-state index is 8.78. The lowest BCUT2D eigenvalue weighted by atomic mass is 10.1. The Morgan fingerprint density at radius 2 is 1.95 bits per heavy atom. The predicted octanol–water partition coefficient (Wildman–Crippen LogP) is 4.25. The van der Waals surface area contributed by atoms with Gasteiger partial charge >= 0.3 is 0 Å².